The van der Waals surface area contributed by atoms with Crippen molar-refractivity contribution in [1.29, 1.82) is 0 Å². The third kappa shape index (κ3) is 5.32. The SMILES string of the molecule is Cl.O=[N+]([O-])c1ccc(O)c(CNCc2ccccc2OC(F)F)c1. The normalized spacial score (nSPS) is 10.3. The second kappa shape index (κ2) is 8.99. The molecule has 0 amide bonds. The van der Waals surface area contributed by atoms with Crippen LogP contribution in [0.1, 0.15) is 11.1 Å². The summed E-state index contributed by atoms with van der Waals surface area (Å²) >= 11 is 0. The van der Waals surface area contributed by atoms with Gasteiger partial charge in [0.25, 0.3) is 5.69 Å². The fourth-order valence-electron chi connectivity index (χ4n) is 2.02. The fraction of sp³-hybridized carbons (Fsp3) is 0.200. The predicted molar refractivity (Wildman–Crippen MR) is 85.6 cm³/mol. The summed E-state index contributed by atoms with van der Waals surface area (Å²) < 4.78 is 29.1. The molecule has 0 saturated carbocycles. The zero-order valence-electron chi connectivity index (χ0n) is 12.3. The molecule has 0 aromatic heterocycles. The molecule has 0 aliphatic carbocycles. The lowest BCUT2D eigenvalue weighted by Gasteiger charge is -2.11. The van der Waals surface area contributed by atoms with Gasteiger partial charge in [0.1, 0.15) is 11.5 Å². The number of nitrogens with one attached hydrogen (secondary N) is 1. The quantitative estimate of drug-likeness (QED) is 0.582. The van der Waals surface area contributed by atoms with Gasteiger partial charge in [-0.25, -0.2) is 0 Å². The van der Waals surface area contributed by atoms with E-state index in [9.17, 15) is 24.0 Å². The van der Waals surface area contributed by atoms with Crippen molar-refractivity contribution in [1.82, 2.24) is 5.32 Å². The van der Waals surface area contributed by atoms with Crippen molar-refractivity contribution in [3.8, 4) is 11.5 Å². The third-order valence-electron chi connectivity index (χ3n) is 3.09. The maximum atomic E-state index is 12.3. The molecule has 0 fully saturated rings. The van der Waals surface area contributed by atoms with Crippen molar-refractivity contribution < 1.29 is 23.5 Å². The molecule has 130 valence electrons. The minimum atomic E-state index is -2.92. The number of benzene rings is 2. The number of phenolic OH excluding ortho intramolecular Hbond substituents is 1. The van der Waals surface area contributed by atoms with Crippen LogP contribution in [0.5, 0.6) is 11.5 Å². The number of hydrogen-bond donors (Lipinski definition) is 2. The maximum Gasteiger partial charge on any atom is 0.387 e. The van der Waals surface area contributed by atoms with Crippen molar-refractivity contribution in [3.63, 3.8) is 0 Å². The lowest BCUT2D eigenvalue weighted by molar-refractivity contribution is -0.384. The van der Waals surface area contributed by atoms with E-state index in [0.29, 0.717) is 11.1 Å². The van der Waals surface area contributed by atoms with Crippen molar-refractivity contribution in [3.05, 3.63) is 63.7 Å². The molecule has 0 spiro atoms. The Morgan fingerprint density at radius 3 is 2.50 bits per heavy atom. The molecular formula is C15H15ClF2N2O4. The first-order valence-electron chi connectivity index (χ1n) is 6.67. The van der Waals surface area contributed by atoms with Crippen molar-refractivity contribution >= 4 is 18.1 Å². The van der Waals surface area contributed by atoms with Crippen LogP contribution in [0, 0.1) is 10.1 Å². The summed E-state index contributed by atoms with van der Waals surface area (Å²) in [5, 5.41) is 23.4. The molecule has 2 N–H and O–H groups in total. The summed E-state index contributed by atoms with van der Waals surface area (Å²) in [6, 6.07) is 10.00. The number of nitro groups is 1. The zero-order chi connectivity index (χ0) is 16.8. The number of alkyl halides is 2. The first-order valence-corrected chi connectivity index (χ1v) is 6.67. The van der Waals surface area contributed by atoms with E-state index < -0.39 is 11.5 Å². The highest BCUT2D eigenvalue weighted by atomic mass is 35.5. The molecule has 0 bridgehead atoms. The van der Waals surface area contributed by atoms with Crippen LogP contribution < -0.4 is 10.1 Å². The highest BCUT2D eigenvalue weighted by molar-refractivity contribution is 5.85. The van der Waals surface area contributed by atoms with Crippen LogP contribution in [-0.4, -0.2) is 16.6 Å². The van der Waals surface area contributed by atoms with E-state index in [2.05, 4.69) is 10.1 Å². The summed E-state index contributed by atoms with van der Waals surface area (Å²) in [5.41, 5.74) is 0.713. The van der Waals surface area contributed by atoms with Crippen LogP contribution in [0.4, 0.5) is 14.5 Å². The highest BCUT2D eigenvalue weighted by Gasteiger charge is 2.11. The number of ether oxygens (including phenoxy) is 1. The Balaban J connectivity index is 0.00000288. The number of aromatic hydroxyl groups is 1. The highest BCUT2D eigenvalue weighted by Crippen LogP contribution is 2.24. The van der Waals surface area contributed by atoms with E-state index >= 15 is 0 Å². The van der Waals surface area contributed by atoms with Crippen LogP contribution >= 0.6 is 12.4 Å². The molecule has 0 aliphatic rings. The van der Waals surface area contributed by atoms with Crippen LogP contribution in [0.25, 0.3) is 0 Å². The molecule has 0 unspecified atom stereocenters. The van der Waals surface area contributed by atoms with Crippen LogP contribution in [0.15, 0.2) is 42.5 Å². The van der Waals surface area contributed by atoms with E-state index in [4.69, 9.17) is 0 Å². The summed E-state index contributed by atoms with van der Waals surface area (Å²) in [4.78, 5) is 10.2. The Labute approximate surface area is 142 Å². The summed E-state index contributed by atoms with van der Waals surface area (Å²) in [7, 11) is 0. The van der Waals surface area contributed by atoms with Gasteiger partial charge < -0.3 is 15.2 Å². The molecule has 0 atom stereocenters. The topological polar surface area (TPSA) is 84.6 Å². The Morgan fingerprint density at radius 1 is 1.17 bits per heavy atom. The molecule has 0 heterocycles. The second-order valence-corrected chi connectivity index (χ2v) is 4.66. The lowest BCUT2D eigenvalue weighted by atomic mass is 10.1. The average Bonchev–Trinajstić information content (AvgIpc) is 2.50. The van der Waals surface area contributed by atoms with Crippen LogP contribution in [0.3, 0.4) is 0 Å². The van der Waals surface area contributed by atoms with Crippen LogP contribution in [0.2, 0.25) is 0 Å². The Hall–Kier alpha value is -2.45. The van der Waals surface area contributed by atoms with Crippen molar-refractivity contribution in [2.24, 2.45) is 0 Å². The van der Waals surface area contributed by atoms with Gasteiger partial charge >= 0.3 is 6.61 Å². The van der Waals surface area contributed by atoms with Crippen molar-refractivity contribution in [2.45, 2.75) is 19.7 Å². The molecule has 2 aromatic carbocycles. The molecule has 0 radical (unpaired) electrons. The number of rotatable bonds is 7. The van der Waals surface area contributed by atoms with Gasteiger partial charge in [0.2, 0.25) is 0 Å². The first-order chi connectivity index (χ1) is 11.0. The largest absolute Gasteiger partial charge is 0.508 e. The van der Waals surface area contributed by atoms with E-state index in [0.717, 1.165) is 0 Å². The fourth-order valence-corrected chi connectivity index (χ4v) is 2.02. The monoisotopic (exact) mass is 360 g/mol. The van der Waals surface area contributed by atoms with E-state index in [-0.39, 0.29) is 42.7 Å². The lowest BCUT2D eigenvalue weighted by Crippen LogP contribution is -2.14. The molecule has 0 aliphatic heterocycles. The van der Waals surface area contributed by atoms with Crippen molar-refractivity contribution in [2.75, 3.05) is 0 Å². The Kier molecular flexibility index (Phi) is 7.34. The summed E-state index contributed by atoms with van der Waals surface area (Å²) in [5.74, 6) is -0.0292. The molecule has 24 heavy (non-hydrogen) atoms. The van der Waals surface area contributed by atoms with E-state index in [1.165, 1.54) is 24.3 Å². The van der Waals surface area contributed by atoms with Gasteiger partial charge in [-0.1, -0.05) is 18.2 Å². The molecule has 2 aromatic rings. The molecule has 2 rings (SSSR count). The number of non-ortho nitro benzene ring substituents is 1. The first kappa shape index (κ1) is 19.6. The number of nitrogens with zero attached hydrogens (tertiary/aromatic N) is 1. The van der Waals surface area contributed by atoms with Gasteiger partial charge in [0.05, 0.1) is 4.92 Å². The second-order valence-electron chi connectivity index (χ2n) is 4.66. The van der Waals surface area contributed by atoms with Gasteiger partial charge in [0, 0.05) is 36.3 Å². The Bertz CT molecular complexity index is 701. The number of para-hydroxylation sites is 1. The minimum Gasteiger partial charge on any atom is -0.508 e. The van der Waals surface area contributed by atoms with E-state index in [1.54, 1.807) is 18.2 Å². The number of nitro benzene ring substituents is 1. The van der Waals surface area contributed by atoms with Gasteiger partial charge in [-0.3, -0.25) is 10.1 Å². The molecule has 6 nitrogen and oxygen atoms in total. The van der Waals surface area contributed by atoms with Gasteiger partial charge in [-0.2, -0.15) is 8.78 Å². The minimum absolute atomic E-state index is 0. The van der Waals surface area contributed by atoms with Gasteiger partial charge in [-0.05, 0) is 12.1 Å². The Morgan fingerprint density at radius 2 is 1.83 bits per heavy atom. The number of halogens is 3. The number of hydrogen-bond acceptors (Lipinski definition) is 5. The zero-order valence-corrected chi connectivity index (χ0v) is 13.1. The molecule has 0 saturated heterocycles. The maximum absolute atomic E-state index is 12.3. The average molecular weight is 361 g/mol. The van der Waals surface area contributed by atoms with Gasteiger partial charge in [-0.15, -0.1) is 12.4 Å². The van der Waals surface area contributed by atoms with Gasteiger partial charge in [0.15, 0.2) is 0 Å². The summed E-state index contributed by atoms with van der Waals surface area (Å²) in [6.07, 6.45) is 0. The molecular weight excluding hydrogens is 346 g/mol. The molecule has 9 heteroatoms. The summed E-state index contributed by atoms with van der Waals surface area (Å²) in [6.45, 7) is -2.58. The predicted octanol–water partition coefficient (Wildman–Crippen LogP) is 3.61. The number of phenols is 1. The van der Waals surface area contributed by atoms with E-state index in [1.807, 2.05) is 0 Å². The standard InChI is InChI=1S/C15H14F2N2O4.ClH/c16-15(17)23-14-4-2-1-3-10(14)8-18-9-11-7-12(19(21)22)5-6-13(11)20;/h1-7,15,18,20H,8-9H2;1H. The third-order valence-corrected chi connectivity index (χ3v) is 3.09. The van der Waals surface area contributed by atoms with Crippen LogP contribution in [-0.2, 0) is 13.1 Å². The smallest absolute Gasteiger partial charge is 0.387 e.